The Balaban J connectivity index is 2.19. The van der Waals surface area contributed by atoms with Gasteiger partial charge in [-0.05, 0) is 32.2 Å². The smallest absolute Gasteiger partial charge is 0.294 e. The Labute approximate surface area is 92.8 Å². The largest absolute Gasteiger partial charge is 0.460 e. The van der Waals surface area contributed by atoms with E-state index in [0.717, 1.165) is 6.54 Å². The Morgan fingerprint density at radius 2 is 2.38 bits per heavy atom. The second-order valence-corrected chi connectivity index (χ2v) is 3.69. The van der Waals surface area contributed by atoms with Crippen molar-refractivity contribution in [3.05, 3.63) is 24.0 Å². The van der Waals surface area contributed by atoms with Crippen molar-refractivity contribution >= 4 is 11.0 Å². The zero-order valence-electron chi connectivity index (χ0n) is 9.25. The lowest BCUT2D eigenvalue weighted by Gasteiger charge is -2.10. The van der Waals surface area contributed by atoms with Crippen LogP contribution in [0.3, 0.4) is 0 Å². The van der Waals surface area contributed by atoms with Gasteiger partial charge in [-0.3, -0.25) is 0 Å². The summed E-state index contributed by atoms with van der Waals surface area (Å²) in [4.78, 5) is 7.13. The minimum Gasteiger partial charge on any atom is -0.460 e. The number of benzene rings is 1. The molecule has 2 N–H and O–H groups in total. The van der Waals surface area contributed by atoms with Crippen LogP contribution in [0.4, 0.5) is 4.39 Å². The Morgan fingerprint density at radius 1 is 1.56 bits per heavy atom. The lowest BCUT2D eigenvalue weighted by molar-refractivity contribution is 0.205. The maximum absolute atomic E-state index is 12.9. The van der Waals surface area contributed by atoms with Crippen molar-refractivity contribution in [2.75, 3.05) is 13.6 Å². The van der Waals surface area contributed by atoms with Crippen LogP contribution in [0.15, 0.2) is 18.2 Å². The van der Waals surface area contributed by atoms with Gasteiger partial charge in [-0.25, -0.2) is 4.39 Å². The highest BCUT2D eigenvalue weighted by molar-refractivity contribution is 5.75. The molecule has 16 heavy (non-hydrogen) atoms. The summed E-state index contributed by atoms with van der Waals surface area (Å²) in [6, 6.07) is 4.82. The summed E-state index contributed by atoms with van der Waals surface area (Å²) in [7, 11) is 1.86. The Kier molecular flexibility index (Phi) is 3.05. The molecule has 0 aliphatic carbocycles. The fourth-order valence-corrected chi connectivity index (χ4v) is 1.53. The predicted octanol–water partition coefficient (Wildman–Crippen LogP) is 1.69. The van der Waals surface area contributed by atoms with E-state index in [0.29, 0.717) is 17.0 Å². The van der Waals surface area contributed by atoms with Crippen molar-refractivity contribution in [1.29, 1.82) is 0 Å². The number of fused-ring (bicyclic) bond motifs is 1. The number of nitrogens with zero attached hydrogens (tertiary/aromatic N) is 1. The number of aromatic amines is 1. The van der Waals surface area contributed by atoms with Gasteiger partial charge in [0.1, 0.15) is 11.9 Å². The van der Waals surface area contributed by atoms with Gasteiger partial charge in [-0.1, -0.05) is 0 Å². The Bertz CT molecular complexity index is 483. The predicted molar refractivity (Wildman–Crippen MR) is 60.1 cm³/mol. The molecule has 0 aliphatic heterocycles. The quantitative estimate of drug-likeness (QED) is 0.829. The molecule has 5 heteroatoms. The van der Waals surface area contributed by atoms with Crippen LogP contribution in [0.1, 0.15) is 6.92 Å². The minimum atomic E-state index is -0.286. The fraction of sp³-hybridized carbons (Fsp3) is 0.364. The molecule has 1 unspecified atom stereocenters. The molecule has 2 aromatic rings. The van der Waals surface area contributed by atoms with Crippen molar-refractivity contribution < 1.29 is 9.13 Å². The summed E-state index contributed by atoms with van der Waals surface area (Å²) in [5.41, 5.74) is 1.35. The molecule has 0 saturated heterocycles. The molecular formula is C11H14FN3O. The summed E-state index contributed by atoms with van der Waals surface area (Å²) in [5.74, 6) is -0.286. The molecule has 1 aromatic carbocycles. The summed E-state index contributed by atoms with van der Waals surface area (Å²) < 4.78 is 18.5. The summed E-state index contributed by atoms with van der Waals surface area (Å²) in [5, 5.41) is 3.00. The van der Waals surface area contributed by atoms with Gasteiger partial charge in [0, 0.05) is 6.54 Å². The molecule has 1 heterocycles. The molecule has 0 saturated carbocycles. The zero-order chi connectivity index (χ0) is 11.5. The molecule has 2 rings (SSSR count). The van der Waals surface area contributed by atoms with E-state index in [2.05, 4.69) is 15.3 Å². The molecule has 86 valence electrons. The van der Waals surface area contributed by atoms with E-state index >= 15 is 0 Å². The van der Waals surface area contributed by atoms with Gasteiger partial charge in [0.05, 0.1) is 11.0 Å². The van der Waals surface area contributed by atoms with E-state index in [1.807, 2.05) is 14.0 Å². The third-order valence-electron chi connectivity index (χ3n) is 2.23. The lowest BCUT2D eigenvalue weighted by Crippen LogP contribution is -2.26. The number of H-pyrrole nitrogens is 1. The highest BCUT2D eigenvalue weighted by Gasteiger charge is 2.08. The fourth-order valence-electron chi connectivity index (χ4n) is 1.53. The molecular weight excluding hydrogens is 209 g/mol. The maximum Gasteiger partial charge on any atom is 0.294 e. The molecule has 0 fully saturated rings. The average Bonchev–Trinajstić information content (AvgIpc) is 2.59. The minimum absolute atomic E-state index is 0.00964. The Hall–Kier alpha value is -1.62. The second-order valence-electron chi connectivity index (χ2n) is 3.69. The summed E-state index contributed by atoms with van der Waals surface area (Å²) in [6.07, 6.45) is 0.00964. The lowest BCUT2D eigenvalue weighted by atomic mass is 10.3. The third-order valence-corrected chi connectivity index (χ3v) is 2.23. The van der Waals surface area contributed by atoms with Gasteiger partial charge in [0.15, 0.2) is 0 Å². The first-order valence-corrected chi connectivity index (χ1v) is 5.15. The number of ether oxygens (including phenoxy) is 1. The number of nitrogens with one attached hydrogen (secondary N) is 2. The molecule has 0 amide bonds. The van der Waals surface area contributed by atoms with E-state index in [-0.39, 0.29) is 11.9 Å². The van der Waals surface area contributed by atoms with Crippen LogP contribution in [0, 0.1) is 5.82 Å². The first kappa shape index (κ1) is 10.9. The number of hydrogen-bond acceptors (Lipinski definition) is 3. The van der Waals surface area contributed by atoms with Crippen LogP contribution in [-0.2, 0) is 0 Å². The molecule has 0 spiro atoms. The first-order valence-electron chi connectivity index (χ1n) is 5.15. The Morgan fingerprint density at radius 3 is 3.12 bits per heavy atom. The molecule has 0 aliphatic rings. The van der Waals surface area contributed by atoms with Gasteiger partial charge in [-0.15, -0.1) is 0 Å². The van der Waals surface area contributed by atoms with Crippen molar-refractivity contribution in [3.8, 4) is 6.01 Å². The highest BCUT2D eigenvalue weighted by Crippen LogP contribution is 2.17. The third kappa shape index (κ3) is 2.30. The van der Waals surface area contributed by atoms with E-state index in [4.69, 9.17) is 4.74 Å². The maximum atomic E-state index is 12.9. The first-order chi connectivity index (χ1) is 7.69. The monoisotopic (exact) mass is 223 g/mol. The normalized spacial score (nSPS) is 12.9. The van der Waals surface area contributed by atoms with Crippen LogP contribution < -0.4 is 10.1 Å². The van der Waals surface area contributed by atoms with E-state index in [1.165, 1.54) is 12.1 Å². The van der Waals surface area contributed by atoms with Gasteiger partial charge in [0.25, 0.3) is 6.01 Å². The summed E-state index contributed by atoms with van der Waals surface area (Å²) in [6.45, 7) is 2.66. The van der Waals surface area contributed by atoms with Crippen molar-refractivity contribution in [2.24, 2.45) is 0 Å². The van der Waals surface area contributed by atoms with Crippen molar-refractivity contribution in [1.82, 2.24) is 15.3 Å². The van der Waals surface area contributed by atoms with Gasteiger partial charge in [0.2, 0.25) is 0 Å². The zero-order valence-corrected chi connectivity index (χ0v) is 9.25. The molecule has 4 nitrogen and oxygen atoms in total. The van der Waals surface area contributed by atoms with Crippen LogP contribution in [0.25, 0.3) is 11.0 Å². The van der Waals surface area contributed by atoms with E-state index < -0.39 is 0 Å². The van der Waals surface area contributed by atoms with Crippen LogP contribution in [0.2, 0.25) is 0 Å². The van der Waals surface area contributed by atoms with Crippen LogP contribution in [0.5, 0.6) is 6.01 Å². The molecule has 1 aromatic heterocycles. The van der Waals surface area contributed by atoms with Gasteiger partial charge >= 0.3 is 0 Å². The van der Waals surface area contributed by atoms with Crippen LogP contribution in [-0.4, -0.2) is 29.7 Å². The standard InChI is InChI=1S/C11H14FN3O/c1-7(6-13-2)16-11-14-9-4-3-8(12)5-10(9)15-11/h3-5,7,13H,6H2,1-2H3,(H,14,15). The molecule has 1 atom stereocenters. The van der Waals surface area contributed by atoms with Crippen LogP contribution >= 0.6 is 0 Å². The second kappa shape index (κ2) is 4.49. The van der Waals surface area contributed by atoms with Gasteiger partial charge in [-0.2, -0.15) is 4.98 Å². The number of halogens is 1. The molecule has 0 bridgehead atoms. The number of aromatic nitrogens is 2. The number of imidazole rings is 1. The SMILES string of the molecule is CNCC(C)Oc1nc2ccc(F)cc2[nH]1. The number of likely N-dealkylation sites (N-methyl/N-ethyl adjacent to an activating group) is 1. The molecule has 0 radical (unpaired) electrons. The topological polar surface area (TPSA) is 49.9 Å². The summed E-state index contributed by atoms with van der Waals surface area (Å²) >= 11 is 0. The number of rotatable bonds is 4. The van der Waals surface area contributed by atoms with E-state index in [9.17, 15) is 4.39 Å². The number of hydrogen-bond donors (Lipinski definition) is 2. The highest BCUT2D eigenvalue weighted by atomic mass is 19.1. The van der Waals surface area contributed by atoms with Crippen molar-refractivity contribution in [3.63, 3.8) is 0 Å². The van der Waals surface area contributed by atoms with E-state index in [1.54, 1.807) is 6.07 Å². The van der Waals surface area contributed by atoms with Crippen molar-refractivity contribution in [2.45, 2.75) is 13.0 Å². The van der Waals surface area contributed by atoms with Gasteiger partial charge < -0.3 is 15.0 Å². The average molecular weight is 223 g/mol.